The lowest BCUT2D eigenvalue weighted by Crippen LogP contribution is -2.32. The quantitative estimate of drug-likeness (QED) is 0.519. The van der Waals surface area contributed by atoms with Crippen LogP contribution in [0.1, 0.15) is 29.7 Å². The number of ketones is 1. The number of nitrogens with zero attached hydrogens (tertiary/aromatic N) is 1. The van der Waals surface area contributed by atoms with Crippen LogP contribution in [0, 0.1) is 18.8 Å². The van der Waals surface area contributed by atoms with E-state index < -0.39 is 22.0 Å². The van der Waals surface area contributed by atoms with Crippen molar-refractivity contribution in [1.29, 1.82) is 0 Å². The summed E-state index contributed by atoms with van der Waals surface area (Å²) in [5, 5.41) is 0. The molecule has 0 radical (unpaired) electrons. The van der Waals surface area contributed by atoms with Crippen LogP contribution in [0.2, 0.25) is 0 Å². The predicted octanol–water partition coefficient (Wildman–Crippen LogP) is 5.28. The number of hydrogen-bond acceptors (Lipinski definition) is 3. The monoisotopic (exact) mass is 445 g/mol. The fourth-order valence-electron chi connectivity index (χ4n) is 4.40. The summed E-state index contributed by atoms with van der Waals surface area (Å²) in [5.74, 6) is -0.689. The van der Waals surface area contributed by atoms with E-state index in [0.29, 0.717) is 0 Å². The van der Waals surface area contributed by atoms with Crippen LogP contribution < -0.4 is 0 Å². The molecule has 164 valence electrons. The minimum Gasteiger partial charge on any atom is -0.300 e. The lowest BCUT2D eigenvalue weighted by Gasteiger charge is -2.27. The first-order valence-corrected chi connectivity index (χ1v) is 12.2. The second kappa shape index (κ2) is 9.23. The summed E-state index contributed by atoms with van der Waals surface area (Å²) >= 11 is 0. The Labute approximate surface area is 190 Å². The molecule has 5 heteroatoms. The highest BCUT2D eigenvalue weighted by molar-refractivity contribution is 7.89. The largest absolute Gasteiger partial charge is 0.300 e. The molecule has 0 N–H and O–H groups in total. The van der Waals surface area contributed by atoms with Gasteiger partial charge in [-0.15, -0.1) is 0 Å². The van der Waals surface area contributed by atoms with Crippen molar-refractivity contribution < 1.29 is 13.2 Å². The van der Waals surface area contributed by atoms with Crippen LogP contribution in [-0.4, -0.2) is 25.1 Å². The first kappa shape index (κ1) is 22.2. The molecule has 0 unspecified atom stereocenters. The van der Waals surface area contributed by atoms with Crippen LogP contribution in [0.5, 0.6) is 0 Å². The molecule has 0 aromatic heterocycles. The van der Waals surface area contributed by atoms with Gasteiger partial charge in [0, 0.05) is 18.4 Å². The molecule has 1 heterocycles. The van der Waals surface area contributed by atoms with Gasteiger partial charge in [0.25, 0.3) is 0 Å². The lowest BCUT2D eigenvalue weighted by atomic mass is 9.84. The van der Waals surface area contributed by atoms with E-state index in [2.05, 4.69) is 0 Å². The third-order valence-corrected chi connectivity index (χ3v) is 7.98. The number of benzene rings is 3. The molecule has 1 fully saturated rings. The minimum atomic E-state index is -3.79. The molecule has 3 aromatic rings. The SMILES string of the molecule is CC(=O)[C@@H]1CN(S(=O)(=O)c2ccc(C)cc2)[C@H](c2ccccc2)[C@H]1/C=C/c1ccccc1. The Hall–Kier alpha value is -3.02. The van der Waals surface area contributed by atoms with Gasteiger partial charge in [-0.1, -0.05) is 90.5 Å². The zero-order valence-electron chi connectivity index (χ0n) is 18.3. The van der Waals surface area contributed by atoms with Crippen molar-refractivity contribution in [2.45, 2.75) is 24.8 Å². The average molecular weight is 446 g/mol. The van der Waals surface area contributed by atoms with E-state index in [1.165, 1.54) is 4.31 Å². The van der Waals surface area contributed by atoms with E-state index in [9.17, 15) is 13.2 Å². The fraction of sp³-hybridized carbons (Fsp3) is 0.222. The maximum absolute atomic E-state index is 13.7. The van der Waals surface area contributed by atoms with Crippen LogP contribution in [0.15, 0.2) is 95.9 Å². The van der Waals surface area contributed by atoms with E-state index in [0.717, 1.165) is 16.7 Å². The van der Waals surface area contributed by atoms with Crippen LogP contribution >= 0.6 is 0 Å². The van der Waals surface area contributed by atoms with Gasteiger partial charge >= 0.3 is 0 Å². The van der Waals surface area contributed by atoms with Crippen molar-refractivity contribution in [2.75, 3.05) is 6.54 Å². The first-order chi connectivity index (χ1) is 15.4. The predicted molar refractivity (Wildman–Crippen MR) is 127 cm³/mol. The van der Waals surface area contributed by atoms with Crippen molar-refractivity contribution in [1.82, 2.24) is 4.31 Å². The summed E-state index contributed by atoms with van der Waals surface area (Å²) in [6, 6.07) is 25.9. The van der Waals surface area contributed by atoms with Crippen molar-refractivity contribution in [3.05, 3.63) is 108 Å². The molecule has 3 atom stereocenters. The number of rotatable bonds is 6. The fourth-order valence-corrected chi connectivity index (χ4v) is 6.07. The molecule has 4 nitrogen and oxygen atoms in total. The summed E-state index contributed by atoms with van der Waals surface area (Å²) in [4.78, 5) is 12.9. The molecule has 1 aliphatic rings. The van der Waals surface area contributed by atoms with Gasteiger partial charge in [-0.05, 0) is 37.1 Å². The molecule has 1 aliphatic heterocycles. The molecular weight excluding hydrogens is 418 g/mol. The van der Waals surface area contributed by atoms with Gasteiger partial charge in [0.1, 0.15) is 5.78 Å². The Balaban J connectivity index is 1.81. The summed E-state index contributed by atoms with van der Waals surface area (Å²) in [6.45, 7) is 3.64. The molecule has 1 saturated heterocycles. The van der Waals surface area contributed by atoms with Crippen molar-refractivity contribution in [3.63, 3.8) is 0 Å². The van der Waals surface area contributed by atoms with Gasteiger partial charge in [-0.25, -0.2) is 8.42 Å². The van der Waals surface area contributed by atoms with Crippen molar-refractivity contribution in [2.24, 2.45) is 11.8 Å². The highest BCUT2D eigenvalue weighted by Gasteiger charge is 2.48. The van der Waals surface area contributed by atoms with E-state index >= 15 is 0 Å². The summed E-state index contributed by atoms with van der Waals surface area (Å²) < 4.78 is 28.9. The second-order valence-corrected chi connectivity index (χ2v) is 10.2. The summed E-state index contributed by atoms with van der Waals surface area (Å²) in [7, 11) is -3.79. The van der Waals surface area contributed by atoms with E-state index in [-0.39, 0.29) is 23.1 Å². The Morgan fingerprint density at radius 1 is 0.906 bits per heavy atom. The molecule has 4 rings (SSSR count). The van der Waals surface area contributed by atoms with Gasteiger partial charge in [0.2, 0.25) is 10.0 Å². The van der Waals surface area contributed by atoms with Gasteiger partial charge in [-0.2, -0.15) is 4.31 Å². The summed E-state index contributed by atoms with van der Waals surface area (Å²) in [5.41, 5.74) is 2.89. The standard InChI is InChI=1S/C27H27NO3S/c1-20-13-16-24(17-14-20)32(30,31)28-19-26(21(2)29)25(18-15-22-9-5-3-6-10-22)27(28)23-11-7-4-8-12-23/h3-18,25-27H,19H2,1-2H3/b18-15+/t25-,26-,27+/m0/s1. The van der Waals surface area contributed by atoms with Crippen molar-refractivity contribution >= 4 is 21.9 Å². The van der Waals surface area contributed by atoms with Gasteiger partial charge in [-0.3, -0.25) is 4.79 Å². The topological polar surface area (TPSA) is 54.5 Å². The molecule has 0 bridgehead atoms. The normalized spacial score (nSPS) is 21.8. The van der Waals surface area contributed by atoms with Crippen LogP contribution in [0.4, 0.5) is 0 Å². The zero-order valence-corrected chi connectivity index (χ0v) is 19.1. The highest BCUT2D eigenvalue weighted by Crippen LogP contribution is 2.45. The minimum absolute atomic E-state index is 0.00440. The summed E-state index contributed by atoms with van der Waals surface area (Å²) in [6.07, 6.45) is 3.99. The maximum Gasteiger partial charge on any atom is 0.243 e. The molecule has 3 aromatic carbocycles. The highest BCUT2D eigenvalue weighted by atomic mass is 32.2. The Morgan fingerprint density at radius 2 is 1.50 bits per heavy atom. The molecule has 32 heavy (non-hydrogen) atoms. The molecular formula is C27H27NO3S. The van der Waals surface area contributed by atoms with Crippen molar-refractivity contribution in [3.8, 4) is 0 Å². The molecule has 0 aliphatic carbocycles. The second-order valence-electron chi connectivity index (χ2n) is 8.31. The third-order valence-electron chi connectivity index (χ3n) is 6.12. The van der Waals surface area contributed by atoms with Gasteiger partial charge in [0.05, 0.1) is 10.9 Å². The molecule has 0 spiro atoms. The average Bonchev–Trinajstić information content (AvgIpc) is 3.20. The third kappa shape index (κ3) is 4.45. The Kier molecular flexibility index (Phi) is 6.40. The van der Waals surface area contributed by atoms with E-state index in [4.69, 9.17) is 0 Å². The lowest BCUT2D eigenvalue weighted by molar-refractivity contribution is -0.121. The molecule has 0 saturated carbocycles. The van der Waals surface area contributed by atoms with Gasteiger partial charge < -0.3 is 0 Å². The number of aryl methyl sites for hydroxylation is 1. The van der Waals surface area contributed by atoms with Gasteiger partial charge in [0.15, 0.2) is 0 Å². The number of carbonyl (C=O) groups excluding carboxylic acids is 1. The maximum atomic E-state index is 13.7. The number of sulfonamides is 1. The number of hydrogen-bond donors (Lipinski definition) is 0. The number of Topliss-reactive ketones (excluding diaryl/α,β-unsaturated/α-hetero) is 1. The first-order valence-electron chi connectivity index (χ1n) is 10.7. The Morgan fingerprint density at radius 3 is 2.09 bits per heavy atom. The smallest absolute Gasteiger partial charge is 0.243 e. The van der Waals surface area contributed by atoms with Crippen LogP contribution in [-0.2, 0) is 14.8 Å². The Bertz CT molecular complexity index is 1200. The zero-order chi connectivity index (χ0) is 22.7. The van der Waals surface area contributed by atoms with Crippen LogP contribution in [0.25, 0.3) is 6.08 Å². The van der Waals surface area contributed by atoms with E-state index in [1.807, 2.05) is 79.7 Å². The van der Waals surface area contributed by atoms with Crippen LogP contribution in [0.3, 0.4) is 0 Å². The molecule has 0 amide bonds. The van der Waals surface area contributed by atoms with E-state index in [1.54, 1.807) is 31.2 Å². The number of carbonyl (C=O) groups is 1.